The van der Waals surface area contributed by atoms with Crippen molar-refractivity contribution in [1.82, 2.24) is 9.97 Å². The van der Waals surface area contributed by atoms with E-state index in [0.29, 0.717) is 11.1 Å². The Kier molecular flexibility index (Phi) is 2.32. The summed E-state index contributed by atoms with van der Waals surface area (Å²) in [6.45, 7) is 0. The van der Waals surface area contributed by atoms with Crippen molar-refractivity contribution < 1.29 is 4.42 Å². The molecular weight excluding hydrogens is 232 g/mol. The molecule has 3 rings (SSSR count). The van der Waals surface area contributed by atoms with E-state index in [1.807, 2.05) is 6.07 Å². The van der Waals surface area contributed by atoms with Crippen molar-refractivity contribution in [3.8, 4) is 0 Å². The quantitative estimate of drug-likeness (QED) is 0.621. The Morgan fingerprint density at radius 1 is 1.06 bits per heavy atom. The molecule has 0 fully saturated rings. The molecule has 0 radical (unpaired) electrons. The highest BCUT2D eigenvalue weighted by molar-refractivity contribution is 6.01. The first-order valence-corrected chi connectivity index (χ1v) is 4.39. The van der Waals surface area contributed by atoms with Crippen LogP contribution in [0.1, 0.15) is 0 Å². The number of fused-ring (bicyclic) bond motifs is 3. The van der Waals surface area contributed by atoms with Gasteiger partial charge in [-0.05, 0) is 12.1 Å². The van der Waals surface area contributed by atoms with Crippen molar-refractivity contribution in [2.24, 2.45) is 0 Å². The first kappa shape index (κ1) is 10.5. The van der Waals surface area contributed by atoms with Gasteiger partial charge in [-0.2, -0.15) is 0 Å². The number of aromatic nitrogens is 2. The summed E-state index contributed by atoms with van der Waals surface area (Å²) >= 11 is 0. The summed E-state index contributed by atoms with van der Waals surface area (Å²) in [5.41, 5.74) is 0.138. The van der Waals surface area contributed by atoms with Crippen LogP contribution in [-0.4, -0.2) is 9.97 Å². The average Bonchev–Trinajstić information content (AvgIpc) is 2.57. The van der Waals surface area contributed by atoms with Crippen molar-refractivity contribution in [2.45, 2.75) is 0 Å². The first-order chi connectivity index (χ1) is 7.25. The van der Waals surface area contributed by atoms with Crippen LogP contribution in [0.5, 0.6) is 0 Å². The number of hydrogen-bond donors (Lipinski definition) is 2. The Balaban J connectivity index is 0.000000963. The minimum absolute atomic E-state index is 0. The van der Waals surface area contributed by atoms with E-state index >= 15 is 0 Å². The lowest BCUT2D eigenvalue weighted by Crippen LogP contribution is -2.20. The molecule has 0 amide bonds. The second-order valence-electron chi connectivity index (χ2n) is 3.21. The monoisotopic (exact) mass is 238 g/mol. The zero-order valence-electron chi connectivity index (χ0n) is 7.94. The Morgan fingerprint density at radius 3 is 2.62 bits per heavy atom. The number of H-pyrrole nitrogens is 2. The van der Waals surface area contributed by atoms with E-state index in [9.17, 15) is 9.59 Å². The fraction of sp³-hybridized carbons (Fsp3) is 0. The Hall–Kier alpha value is -2.01. The lowest BCUT2D eigenvalue weighted by Gasteiger charge is -1.86. The highest BCUT2D eigenvalue weighted by Crippen LogP contribution is 2.22. The van der Waals surface area contributed by atoms with Crippen LogP contribution in [0.4, 0.5) is 0 Å². The number of halogens is 1. The van der Waals surface area contributed by atoms with Gasteiger partial charge in [0.05, 0.1) is 0 Å². The summed E-state index contributed by atoms with van der Waals surface area (Å²) in [7, 11) is 0. The van der Waals surface area contributed by atoms with Gasteiger partial charge in [-0.25, -0.2) is 4.79 Å². The number of hydrogen-bond acceptors (Lipinski definition) is 3. The lowest BCUT2D eigenvalue weighted by molar-refractivity contribution is 0.660. The molecule has 2 aromatic heterocycles. The predicted octanol–water partition coefficient (Wildman–Crippen LogP) is 1.38. The van der Waals surface area contributed by atoms with Gasteiger partial charge in [0.2, 0.25) is 5.58 Å². The van der Waals surface area contributed by atoms with Crippen LogP contribution in [-0.2, 0) is 0 Å². The third-order valence-corrected chi connectivity index (χ3v) is 2.27. The summed E-state index contributed by atoms with van der Waals surface area (Å²) in [5, 5.41) is 0.732. The molecule has 16 heavy (non-hydrogen) atoms. The standard InChI is InChI=1S/C10H6N2O3.ClH/c13-9-8-7(11-10(14)12-9)5-3-1-2-4-6(5)15-8;/h1-4H,(H2,11,12,13,14);1H. The summed E-state index contributed by atoms with van der Waals surface area (Å²) in [6.07, 6.45) is 0. The molecule has 0 aliphatic rings. The van der Waals surface area contributed by atoms with E-state index in [0.717, 1.165) is 5.39 Å². The SMILES string of the molecule is Cl.O=c1[nH]c(=O)c2oc3ccccc3c2[nH]1. The van der Waals surface area contributed by atoms with Gasteiger partial charge in [0.1, 0.15) is 11.1 Å². The summed E-state index contributed by atoms with van der Waals surface area (Å²) in [6, 6.07) is 7.15. The number of benzene rings is 1. The van der Waals surface area contributed by atoms with E-state index < -0.39 is 11.2 Å². The largest absolute Gasteiger partial charge is 0.449 e. The van der Waals surface area contributed by atoms with Gasteiger partial charge in [0.25, 0.3) is 5.56 Å². The molecular formula is C10H7ClN2O3. The predicted molar refractivity (Wildman–Crippen MR) is 62.2 cm³/mol. The maximum atomic E-state index is 11.4. The van der Waals surface area contributed by atoms with Gasteiger partial charge >= 0.3 is 5.69 Å². The van der Waals surface area contributed by atoms with E-state index in [-0.39, 0.29) is 18.0 Å². The van der Waals surface area contributed by atoms with Crippen LogP contribution in [0.3, 0.4) is 0 Å². The fourth-order valence-electron chi connectivity index (χ4n) is 1.63. The summed E-state index contributed by atoms with van der Waals surface area (Å²) in [4.78, 5) is 27.2. The first-order valence-electron chi connectivity index (χ1n) is 4.39. The molecule has 1 aromatic carbocycles. The Labute approximate surface area is 94.5 Å². The normalized spacial score (nSPS) is 10.5. The van der Waals surface area contributed by atoms with Gasteiger partial charge < -0.3 is 9.40 Å². The fourth-order valence-corrected chi connectivity index (χ4v) is 1.63. The minimum atomic E-state index is -0.529. The molecule has 0 unspecified atom stereocenters. The number of nitrogens with one attached hydrogen (secondary N) is 2. The zero-order valence-corrected chi connectivity index (χ0v) is 8.76. The number of para-hydroxylation sites is 1. The smallest absolute Gasteiger partial charge is 0.326 e. The van der Waals surface area contributed by atoms with Gasteiger partial charge in [0, 0.05) is 5.39 Å². The zero-order chi connectivity index (χ0) is 10.4. The van der Waals surface area contributed by atoms with Gasteiger partial charge in [-0.1, -0.05) is 12.1 Å². The van der Waals surface area contributed by atoms with E-state index in [1.54, 1.807) is 18.2 Å². The second-order valence-corrected chi connectivity index (χ2v) is 3.21. The van der Waals surface area contributed by atoms with Crippen LogP contribution in [0.2, 0.25) is 0 Å². The molecule has 6 heteroatoms. The van der Waals surface area contributed by atoms with Gasteiger partial charge in [0.15, 0.2) is 0 Å². The third kappa shape index (κ3) is 1.33. The van der Waals surface area contributed by atoms with Crippen LogP contribution < -0.4 is 11.2 Å². The molecule has 0 saturated carbocycles. The molecule has 0 atom stereocenters. The van der Waals surface area contributed by atoms with Crippen LogP contribution in [0.15, 0.2) is 38.3 Å². The molecule has 0 aliphatic carbocycles. The second kappa shape index (κ2) is 3.53. The Morgan fingerprint density at radius 2 is 1.81 bits per heavy atom. The van der Waals surface area contributed by atoms with E-state index in [4.69, 9.17) is 4.42 Å². The summed E-state index contributed by atoms with van der Waals surface area (Å²) in [5.74, 6) is 0. The molecule has 0 bridgehead atoms. The minimum Gasteiger partial charge on any atom is -0.449 e. The Bertz CT molecular complexity index is 769. The number of rotatable bonds is 0. The number of furan rings is 1. The lowest BCUT2D eigenvalue weighted by atomic mass is 10.2. The topological polar surface area (TPSA) is 78.9 Å². The molecule has 82 valence electrons. The van der Waals surface area contributed by atoms with Crippen LogP contribution in [0.25, 0.3) is 22.1 Å². The van der Waals surface area contributed by atoms with Crippen molar-refractivity contribution in [2.75, 3.05) is 0 Å². The third-order valence-electron chi connectivity index (χ3n) is 2.27. The molecule has 0 spiro atoms. The van der Waals surface area contributed by atoms with Crippen molar-refractivity contribution in [1.29, 1.82) is 0 Å². The summed E-state index contributed by atoms with van der Waals surface area (Å²) < 4.78 is 5.32. The maximum Gasteiger partial charge on any atom is 0.326 e. The molecule has 0 aliphatic heterocycles. The number of aromatic amines is 2. The maximum absolute atomic E-state index is 11.4. The molecule has 2 N–H and O–H groups in total. The molecule has 3 aromatic rings. The highest BCUT2D eigenvalue weighted by atomic mass is 35.5. The van der Waals surface area contributed by atoms with Crippen LogP contribution >= 0.6 is 12.4 Å². The van der Waals surface area contributed by atoms with Crippen molar-refractivity contribution in [3.05, 3.63) is 45.1 Å². The highest BCUT2D eigenvalue weighted by Gasteiger charge is 2.09. The molecule has 0 saturated heterocycles. The van der Waals surface area contributed by atoms with Crippen molar-refractivity contribution in [3.63, 3.8) is 0 Å². The van der Waals surface area contributed by atoms with Gasteiger partial charge in [-0.15, -0.1) is 12.4 Å². The van der Waals surface area contributed by atoms with Crippen LogP contribution in [0, 0.1) is 0 Å². The molecule has 2 heterocycles. The van der Waals surface area contributed by atoms with E-state index in [2.05, 4.69) is 9.97 Å². The van der Waals surface area contributed by atoms with E-state index in [1.165, 1.54) is 0 Å². The molecule has 5 nitrogen and oxygen atoms in total. The average molecular weight is 239 g/mol. The van der Waals surface area contributed by atoms with Crippen molar-refractivity contribution >= 4 is 34.5 Å². The van der Waals surface area contributed by atoms with Gasteiger partial charge in [-0.3, -0.25) is 9.78 Å².